The minimum Gasteiger partial charge on any atom is -0.481 e. The van der Waals surface area contributed by atoms with E-state index in [9.17, 15) is 14.4 Å². The second-order valence-electron chi connectivity index (χ2n) is 4.64. The number of hydrogen-bond donors (Lipinski definition) is 2. The number of nitrogens with one attached hydrogen (secondary N) is 1. The van der Waals surface area contributed by atoms with Gasteiger partial charge in [-0.3, -0.25) is 9.59 Å². The Morgan fingerprint density at radius 1 is 1.21 bits per heavy atom. The highest BCUT2D eigenvalue weighted by atomic mass is 16.4. The summed E-state index contributed by atoms with van der Waals surface area (Å²) in [6, 6.07) is -0.351. The van der Waals surface area contributed by atoms with E-state index >= 15 is 0 Å². The fourth-order valence-electron chi connectivity index (χ4n) is 1.90. The van der Waals surface area contributed by atoms with E-state index in [4.69, 9.17) is 5.11 Å². The van der Waals surface area contributed by atoms with Crippen molar-refractivity contribution in [3.8, 4) is 0 Å². The van der Waals surface area contributed by atoms with Gasteiger partial charge in [0, 0.05) is 39.6 Å². The Hall–Kier alpha value is -1.79. The van der Waals surface area contributed by atoms with Crippen LogP contribution in [0.2, 0.25) is 0 Å². The van der Waals surface area contributed by atoms with Gasteiger partial charge in [0.25, 0.3) is 0 Å². The Bertz CT molecular complexity index is 340. The van der Waals surface area contributed by atoms with Crippen LogP contribution in [0.5, 0.6) is 0 Å². The lowest BCUT2D eigenvalue weighted by molar-refractivity contribution is -0.137. The summed E-state index contributed by atoms with van der Waals surface area (Å²) in [5.41, 5.74) is 0. The zero-order valence-corrected chi connectivity index (χ0v) is 11.2. The van der Waals surface area contributed by atoms with Crippen molar-refractivity contribution in [1.82, 2.24) is 15.1 Å². The maximum absolute atomic E-state index is 11.7. The van der Waals surface area contributed by atoms with Gasteiger partial charge < -0.3 is 20.2 Å². The molecule has 1 fully saturated rings. The molecular formula is C12H21N3O4. The molecule has 7 heteroatoms. The average Bonchev–Trinajstić information content (AvgIpc) is 2.89. The van der Waals surface area contributed by atoms with Crippen molar-refractivity contribution in [3.63, 3.8) is 0 Å². The van der Waals surface area contributed by atoms with Gasteiger partial charge in [0.2, 0.25) is 5.91 Å². The van der Waals surface area contributed by atoms with E-state index in [-0.39, 0.29) is 31.4 Å². The van der Waals surface area contributed by atoms with Gasteiger partial charge in [-0.05, 0) is 12.8 Å². The monoisotopic (exact) mass is 271 g/mol. The Balaban J connectivity index is 2.15. The number of carboxylic acid groups (broad SMARTS) is 1. The molecule has 3 amide bonds. The number of aliphatic carboxylic acids is 1. The van der Waals surface area contributed by atoms with Crippen LogP contribution in [0.4, 0.5) is 4.79 Å². The van der Waals surface area contributed by atoms with Crippen LogP contribution in [0.25, 0.3) is 0 Å². The summed E-state index contributed by atoms with van der Waals surface area (Å²) < 4.78 is 0. The molecule has 0 saturated carbocycles. The van der Waals surface area contributed by atoms with E-state index in [0.29, 0.717) is 6.42 Å². The Kier molecular flexibility index (Phi) is 6.11. The van der Waals surface area contributed by atoms with Gasteiger partial charge in [0.1, 0.15) is 0 Å². The van der Waals surface area contributed by atoms with Gasteiger partial charge in [-0.1, -0.05) is 0 Å². The second kappa shape index (κ2) is 7.60. The largest absolute Gasteiger partial charge is 0.481 e. The van der Waals surface area contributed by atoms with Crippen molar-refractivity contribution >= 4 is 17.9 Å². The van der Waals surface area contributed by atoms with Crippen LogP contribution < -0.4 is 5.32 Å². The van der Waals surface area contributed by atoms with Crippen molar-refractivity contribution in [1.29, 1.82) is 0 Å². The predicted octanol–water partition coefficient (Wildman–Crippen LogP) is 0.115. The van der Waals surface area contributed by atoms with E-state index in [0.717, 1.165) is 25.9 Å². The molecule has 0 aromatic rings. The maximum atomic E-state index is 11.7. The molecule has 19 heavy (non-hydrogen) atoms. The average molecular weight is 271 g/mol. The molecule has 0 radical (unpaired) electrons. The normalized spacial score (nSPS) is 14.3. The van der Waals surface area contributed by atoms with Crippen LogP contribution >= 0.6 is 0 Å². The Morgan fingerprint density at radius 2 is 1.84 bits per heavy atom. The molecule has 7 nitrogen and oxygen atoms in total. The number of nitrogens with zero attached hydrogens (tertiary/aromatic N) is 2. The first-order valence-corrected chi connectivity index (χ1v) is 6.49. The zero-order chi connectivity index (χ0) is 14.3. The van der Waals surface area contributed by atoms with Crippen molar-refractivity contribution in [3.05, 3.63) is 0 Å². The summed E-state index contributed by atoms with van der Waals surface area (Å²) in [7, 11) is 1.53. The standard InChI is InChI=1S/C12H21N3O4/c1-14(9-5-11(17)18)12(19)13-6-4-10(16)15-7-2-3-8-15/h2-9H2,1H3,(H,13,19)(H,17,18). The molecule has 0 unspecified atom stereocenters. The topological polar surface area (TPSA) is 90.0 Å². The Labute approximate surface area is 112 Å². The van der Waals surface area contributed by atoms with Gasteiger partial charge >= 0.3 is 12.0 Å². The minimum atomic E-state index is -0.941. The molecule has 108 valence electrons. The summed E-state index contributed by atoms with van der Waals surface area (Å²) in [6.45, 7) is 2.06. The van der Waals surface area contributed by atoms with E-state index in [1.165, 1.54) is 11.9 Å². The van der Waals surface area contributed by atoms with Gasteiger partial charge in [0.05, 0.1) is 6.42 Å². The van der Waals surface area contributed by atoms with E-state index in [1.54, 1.807) is 4.90 Å². The van der Waals surface area contributed by atoms with Crippen LogP contribution in [0.15, 0.2) is 0 Å². The lowest BCUT2D eigenvalue weighted by atomic mass is 10.3. The highest BCUT2D eigenvalue weighted by molar-refractivity contribution is 5.78. The summed E-state index contributed by atoms with van der Waals surface area (Å²) in [5.74, 6) is -0.880. The predicted molar refractivity (Wildman–Crippen MR) is 68.7 cm³/mol. The van der Waals surface area contributed by atoms with Gasteiger partial charge in [-0.15, -0.1) is 0 Å². The molecule has 0 atom stereocenters. The molecule has 0 aliphatic carbocycles. The van der Waals surface area contributed by atoms with Gasteiger partial charge in [-0.25, -0.2) is 4.79 Å². The third-order valence-electron chi connectivity index (χ3n) is 3.08. The molecule has 2 N–H and O–H groups in total. The van der Waals surface area contributed by atoms with Crippen LogP contribution in [0.3, 0.4) is 0 Å². The lowest BCUT2D eigenvalue weighted by Gasteiger charge is -2.18. The fraction of sp³-hybridized carbons (Fsp3) is 0.750. The number of carboxylic acids is 1. The van der Waals surface area contributed by atoms with Gasteiger partial charge in [-0.2, -0.15) is 0 Å². The van der Waals surface area contributed by atoms with Crippen LogP contribution in [-0.4, -0.2) is 66.0 Å². The molecule has 0 aromatic carbocycles. The zero-order valence-electron chi connectivity index (χ0n) is 11.2. The highest BCUT2D eigenvalue weighted by Crippen LogP contribution is 2.08. The van der Waals surface area contributed by atoms with Crippen molar-refractivity contribution in [2.45, 2.75) is 25.7 Å². The maximum Gasteiger partial charge on any atom is 0.317 e. The molecule has 1 heterocycles. The SMILES string of the molecule is CN(CCC(=O)O)C(=O)NCCC(=O)N1CCCC1. The number of urea groups is 1. The number of likely N-dealkylation sites (tertiary alicyclic amines) is 1. The van der Waals surface area contributed by atoms with Crippen molar-refractivity contribution in [2.75, 3.05) is 33.2 Å². The van der Waals surface area contributed by atoms with E-state index in [2.05, 4.69) is 5.32 Å². The van der Waals surface area contributed by atoms with E-state index in [1.807, 2.05) is 0 Å². The third-order valence-corrected chi connectivity index (χ3v) is 3.08. The summed E-state index contributed by atoms with van der Waals surface area (Å²) >= 11 is 0. The third kappa shape index (κ3) is 5.58. The minimum absolute atomic E-state index is 0.0611. The number of carbonyl (C=O) groups excluding carboxylic acids is 2. The number of carbonyl (C=O) groups is 3. The Morgan fingerprint density at radius 3 is 2.42 bits per heavy atom. The molecule has 0 aromatic heterocycles. The first-order chi connectivity index (χ1) is 9.00. The first-order valence-electron chi connectivity index (χ1n) is 6.49. The van der Waals surface area contributed by atoms with Crippen LogP contribution in [-0.2, 0) is 9.59 Å². The van der Waals surface area contributed by atoms with E-state index < -0.39 is 5.97 Å². The summed E-state index contributed by atoms with van der Waals surface area (Å²) in [4.78, 5) is 36.7. The first kappa shape index (κ1) is 15.3. The number of amides is 3. The number of hydrogen-bond acceptors (Lipinski definition) is 3. The smallest absolute Gasteiger partial charge is 0.317 e. The van der Waals surface area contributed by atoms with Crippen LogP contribution in [0, 0.1) is 0 Å². The summed E-state index contributed by atoms with van der Waals surface area (Å²) in [6.07, 6.45) is 2.31. The lowest BCUT2D eigenvalue weighted by Crippen LogP contribution is -2.40. The molecule has 1 aliphatic heterocycles. The molecule has 0 spiro atoms. The molecule has 1 aliphatic rings. The molecule has 0 bridgehead atoms. The van der Waals surface area contributed by atoms with Gasteiger partial charge in [0.15, 0.2) is 0 Å². The van der Waals surface area contributed by atoms with Crippen molar-refractivity contribution < 1.29 is 19.5 Å². The summed E-state index contributed by atoms with van der Waals surface area (Å²) in [5, 5.41) is 11.1. The second-order valence-corrected chi connectivity index (χ2v) is 4.64. The highest BCUT2D eigenvalue weighted by Gasteiger charge is 2.17. The van der Waals surface area contributed by atoms with Crippen LogP contribution in [0.1, 0.15) is 25.7 Å². The number of rotatable bonds is 6. The fourth-order valence-corrected chi connectivity index (χ4v) is 1.90. The molecule has 1 rings (SSSR count). The quantitative estimate of drug-likeness (QED) is 0.717. The molecular weight excluding hydrogens is 250 g/mol. The molecule has 1 saturated heterocycles. The van der Waals surface area contributed by atoms with Crippen molar-refractivity contribution in [2.24, 2.45) is 0 Å².